The molecule has 11 nitrogen and oxygen atoms in total. The Kier molecular flexibility index (Phi) is 17.7. The first-order chi connectivity index (χ1) is 23.5. The van der Waals surface area contributed by atoms with Crippen LogP contribution in [0.1, 0.15) is 48.8 Å². The van der Waals surface area contributed by atoms with Crippen LogP contribution < -0.4 is 15.5 Å². The van der Waals surface area contributed by atoms with Crippen LogP contribution in [0.15, 0.2) is 30.5 Å². The molecule has 3 N–H and O–H groups in total. The number of hydrogen-bond acceptors (Lipinski definition) is 13. The molecule has 17 heteroatoms. The third-order valence-electron chi connectivity index (χ3n) is 7.59. The lowest BCUT2D eigenvalue weighted by atomic mass is 10.2. The molecule has 0 atom stereocenters. The lowest BCUT2D eigenvalue weighted by Gasteiger charge is -2.35. The van der Waals surface area contributed by atoms with Gasteiger partial charge in [0.2, 0.25) is 0 Å². The maximum absolute atomic E-state index is 12.7. The number of aliphatic hydroxyl groups excluding tert-OH is 1. The number of halogens is 1. The molecule has 1 amide bonds. The van der Waals surface area contributed by atoms with Crippen molar-refractivity contribution in [1.29, 1.82) is 0 Å². The van der Waals surface area contributed by atoms with Crippen LogP contribution in [-0.2, 0) is 0 Å². The summed E-state index contributed by atoms with van der Waals surface area (Å²) in [5.41, 5.74) is 1.49. The van der Waals surface area contributed by atoms with Gasteiger partial charge in [0.15, 0.2) is 5.13 Å². The molecule has 268 valence electrons. The molecule has 0 aliphatic carbocycles. The van der Waals surface area contributed by atoms with Crippen LogP contribution in [0, 0.1) is 13.8 Å². The van der Waals surface area contributed by atoms with Crippen molar-refractivity contribution in [2.24, 2.45) is 0 Å². The Hall–Kier alpha value is -2.31. The van der Waals surface area contributed by atoms with E-state index in [1.165, 1.54) is 17.5 Å². The lowest BCUT2D eigenvalue weighted by molar-refractivity contribution is 0.103. The number of hydrogen-bond donors (Lipinski definition) is 3. The molecule has 1 aliphatic rings. The van der Waals surface area contributed by atoms with E-state index in [-0.39, 0.29) is 12.5 Å². The van der Waals surface area contributed by atoms with Crippen molar-refractivity contribution < 1.29 is 9.90 Å². The fraction of sp³-hybridized carbons (Fsp3) is 0.500. The standard InChI is InChI=1S/C22H26ClN7O2S.C10H20N2S4/c1-14-4-3-5-16(23)20(14)28-21(32)17-13-24-22(33-17)27-18-12-19(26-15(2)25-18)30-8-6-29(7-9-30)10-11-31;1-5-11(6-2)9(13)15-16-10(14)12(7-3)8-4/h3-5,12-13,31H,6-11H2,1-2H3,(H,28,32)(H,24,25,26,27);5-8H2,1-4H3. The van der Waals surface area contributed by atoms with Gasteiger partial charge in [-0.25, -0.2) is 15.0 Å². The number of aromatic nitrogens is 3. The number of nitrogens with one attached hydrogen (secondary N) is 2. The number of thiocarbonyl (C=S) groups is 2. The van der Waals surface area contributed by atoms with Crippen LogP contribution in [0.3, 0.4) is 0 Å². The molecule has 0 spiro atoms. The van der Waals surface area contributed by atoms with Crippen LogP contribution >= 0.6 is 69.0 Å². The fourth-order valence-electron chi connectivity index (χ4n) is 4.77. The zero-order valence-corrected chi connectivity index (χ0v) is 33.7. The Morgan fingerprint density at radius 2 is 1.61 bits per heavy atom. The summed E-state index contributed by atoms with van der Waals surface area (Å²) in [6.45, 7) is 20.3. The van der Waals surface area contributed by atoms with E-state index in [1.807, 2.05) is 32.0 Å². The molecule has 3 heterocycles. The first kappa shape index (κ1) is 41.1. The molecule has 4 rings (SSSR count). The summed E-state index contributed by atoms with van der Waals surface area (Å²) in [7, 11) is 3.18. The van der Waals surface area contributed by atoms with E-state index >= 15 is 0 Å². The Morgan fingerprint density at radius 1 is 1.00 bits per heavy atom. The number of carbonyl (C=O) groups is 1. The van der Waals surface area contributed by atoms with Gasteiger partial charge in [0.25, 0.3) is 5.91 Å². The number of nitrogens with zero attached hydrogens (tertiary/aromatic N) is 7. The number of β-amino-alcohol motifs (C(OH)–C–C–N with tert-alkyl or cyclic N) is 1. The van der Waals surface area contributed by atoms with E-state index in [0.717, 1.165) is 72.4 Å². The Bertz CT molecular complexity index is 1490. The van der Waals surface area contributed by atoms with Crippen molar-refractivity contribution in [2.75, 3.05) is 81.0 Å². The number of thiazole rings is 1. The summed E-state index contributed by atoms with van der Waals surface area (Å²) < 4.78 is 1.84. The minimum atomic E-state index is -0.267. The van der Waals surface area contributed by atoms with Crippen LogP contribution in [0.25, 0.3) is 0 Å². The topological polar surface area (TPSA) is 113 Å². The highest BCUT2D eigenvalue weighted by atomic mass is 35.5. The van der Waals surface area contributed by atoms with Gasteiger partial charge >= 0.3 is 0 Å². The third-order valence-corrected chi connectivity index (χ3v) is 12.5. The zero-order chi connectivity index (χ0) is 35.9. The molecule has 1 aromatic carbocycles. The second-order valence-electron chi connectivity index (χ2n) is 10.8. The molecule has 3 aromatic rings. The van der Waals surface area contributed by atoms with Gasteiger partial charge < -0.3 is 30.4 Å². The molecular weight excluding hydrogens is 738 g/mol. The minimum Gasteiger partial charge on any atom is -0.395 e. The molecular formula is C32H46ClN9O2S5. The molecule has 1 aliphatic heterocycles. The van der Waals surface area contributed by atoms with Crippen molar-refractivity contribution in [3.05, 3.63) is 51.7 Å². The first-order valence-electron chi connectivity index (χ1n) is 16.2. The first-order valence-corrected chi connectivity index (χ1v) is 20.3. The summed E-state index contributed by atoms with van der Waals surface area (Å²) in [4.78, 5) is 35.3. The summed E-state index contributed by atoms with van der Waals surface area (Å²) in [5.74, 6) is 1.85. The van der Waals surface area contributed by atoms with Crippen molar-refractivity contribution in [2.45, 2.75) is 41.5 Å². The summed E-state index contributed by atoms with van der Waals surface area (Å²) >= 11 is 18.1. The van der Waals surface area contributed by atoms with Gasteiger partial charge in [-0.1, -0.05) is 59.5 Å². The molecule has 2 aromatic heterocycles. The predicted octanol–water partition coefficient (Wildman–Crippen LogP) is 6.93. The highest BCUT2D eigenvalue weighted by Crippen LogP contribution is 2.29. The molecule has 0 radical (unpaired) electrons. The number of anilines is 4. The highest BCUT2D eigenvalue weighted by Gasteiger charge is 2.20. The summed E-state index contributed by atoms with van der Waals surface area (Å²) in [6.07, 6.45) is 1.53. The van der Waals surface area contributed by atoms with Gasteiger partial charge in [-0.3, -0.25) is 9.69 Å². The van der Waals surface area contributed by atoms with E-state index in [4.69, 9.17) is 41.1 Å². The van der Waals surface area contributed by atoms with Gasteiger partial charge in [0, 0.05) is 65.0 Å². The van der Waals surface area contributed by atoms with Crippen molar-refractivity contribution in [3.8, 4) is 0 Å². The number of benzene rings is 1. The second kappa shape index (κ2) is 21.1. The number of para-hydroxylation sites is 1. The fourth-order valence-corrected chi connectivity index (χ4v) is 8.82. The summed E-state index contributed by atoms with van der Waals surface area (Å²) in [6, 6.07) is 7.37. The highest BCUT2D eigenvalue weighted by molar-refractivity contribution is 8.89. The van der Waals surface area contributed by atoms with Crippen molar-refractivity contribution in [3.63, 3.8) is 0 Å². The second-order valence-corrected chi connectivity index (χ2v) is 15.6. The van der Waals surface area contributed by atoms with Gasteiger partial charge in [-0.05, 0) is 74.8 Å². The van der Waals surface area contributed by atoms with Crippen LogP contribution in [0.4, 0.5) is 22.5 Å². The average molecular weight is 785 g/mol. The Balaban J connectivity index is 0.000000345. The minimum absolute atomic E-state index is 0.173. The zero-order valence-electron chi connectivity index (χ0n) is 28.9. The van der Waals surface area contributed by atoms with E-state index in [0.29, 0.717) is 38.9 Å². The van der Waals surface area contributed by atoms with Gasteiger partial charge in [0.05, 0.1) is 23.5 Å². The number of aryl methyl sites for hydroxylation is 2. The Morgan fingerprint density at radius 3 is 2.16 bits per heavy atom. The Labute approximate surface area is 318 Å². The lowest BCUT2D eigenvalue weighted by Crippen LogP contribution is -2.47. The van der Waals surface area contributed by atoms with Crippen LogP contribution in [0.2, 0.25) is 5.02 Å². The number of aliphatic hydroxyl groups is 1. The number of piperazine rings is 1. The van der Waals surface area contributed by atoms with E-state index in [1.54, 1.807) is 27.7 Å². The SMILES string of the molecule is CCN(CC)C(=S)SSC(=S)N(CC)CC.Cc1nc(Nc2ncc(C(=O)Nc3c(C)cccc3Cl)s2)cc(N2CCN(CCO)CC2)n1. The molecule has 1 saturated heterocycles. The molecule has 0 saturated carbocycles. The van der Waals surface area contributed by atoms with Gasteiger partial charge in [-0.15, -0.1) is 0 Å². The number of amides is 1. The quantitative estimate of drug-likeness (QED) is 0.138. The maximum Gasteiger partial charge on any atom is 0.267 e. The normalized spacial score (nSPS) is 12.9. The third kappa shape index (κ3) is 12.8. The van der Waals surface area contributed by atoms with Crippen molar-refractivity contribution >= 4 is 106 Å². The smallest absolute Gasteiger partial charge is 0.267 e. The summed E-state index contributed by atoms with van der Waals surface area (Å²) in [5, 5.41) is 16.2. The molecule has 0 bridgehead atoms. The average Bonchev–Trinajstić information content (AvgIpc) is 3.55. The van der Waals surface area contributed by atoms with E-state index in [2.05, 4.69) is 72.9 Å². The number of rotatable bonds is 11. The van der Waals surface area contributed by atoms with Crippen LogP contribution in [0.5, 0.6) is 0 Å². The molecule has 0 unspecified atom stereocenters. The van der Waals surface area contributed by atoms with E-state index in [9.17, 15) is 4.79 Å². The van der Waals surface area contributed by atoms with Crippen molar-refractivity contribution in [1.82, 2.24) is 29.7 Å². The largest absolute Gasteiger partial charge is 0.395 e. The molecule has 1 fully saturated rings. The van der Waals surface area contributed by atoms with Gasteiger partial charge in [-0.2, -0.15) is 0 Å². The van der Waals surface area contributed by atoms with E-state index < -0.39 is 0 Å². The van der Waals surface area contributed by atoms with Crippen LogP contribution in [-0.4, -0.2) is 115 Å². The predicted molar refractivity (Wildman–Crippen MR) is 218 cm³/mol. The molecule has 49 heavy (non-hydrogen) atoms. The maximum atomic E-state index is 12.7. The van der Waals surface area contributed by atoms with Gasteiger partial charge in [0.1, 0.15) is 31.0 Å². The monoisotopic (exact) mass is 783 g/mol. The number of carbonyl (C=O) groups excluding carboxylic acids is 1.